The van der Waals surface area contributed by atoms with Crippen LogP contribution in [-0.2, 0) is 0 Å². The molecule has 0 aliphatic heterocycles. The van der Waals surface area contributed by atoms with Crippen LogP contribution in [-0.4, -0.2) is 15.0 Å². The van der Waals surface area contributed by atoms with Crippen molar-refractivity contribution in [2.24, 2.45) is 0 Å². The number of aromatic nitrogens is 3. The number of rotatable bonds is 2. The van der Waals surface area contributed by atoms with E-state index in [0.29, 0.717) is 5.92 Å². The largest absolute Gasteiger partial charge is 0.310 e. The van der Waals surface area contributed by atoms with Gasteiger partial charge in [-0.25, -0.2) is 4.98 Å². The average Bonchev–Trinajstić information content (AvgIpc) is 3.30. The maximum absolute atomic E-state index is 11.8. The van der Waals surface area contributed by atoms with Gasteiger partial charge in [-0.1, -0.05) is 18.2 Å². The van der Waals surface area contributed by atoms with Gasteiger partial charge in [-0.15, -0.1) is 0 Å². The lowest BCUT2D eigenvalue weighted by atomic mass is 10.0. The molecule has 0 spiro atoms. The maximum Gasteiger partial charge on any atom is 0.251 e. The molecular formula is C16H13N3O. The zero-order valence-electron chi connectivity index (χ0n) is 10.8. The van der Waals surface area contributed by atoms with Crippen molar-refractivity contribution in [3.8, 4) is 11.3 Å². The number of fused-ring (bicyclic) bond motifs is 1. The molecule has 0 radical (unpaired) electrons. The summed E-state index contributed by atoms with van der Waals surface area (Å²) in [6, 6.07) is 9.54. The fourth-order valence-electron chi connectivity index (χ4n) is 2.50. The van der Waals surface area contributed by atoms with Gasteiger partial charge in [0.15, 0.2) is 0 Å². The van der Waals surface area contributed by atoms with E-state index in [9.17, 15) is 4.79 Å². The molecule has 2 aromatic heterocycles. The van der Waals surface area contributed by atoms with Gasteiger partial charge in [-0.2, -0.15) is 0 Å². The lowest BCUT2D eigenvalue weighted by Gasteiger charge is -2.07. The summed E-state index contributed by atoms with van der Waals surface area (Å²) >= 11 is 0. The first-order chi connectivity index (χ1) is 9.81. The first-order valence-electron chi connectivity index (χ1n) is 6.75. The maximum atomic E-state index is 11.8. The second-order valence-corrected chi connectivity index (χ2v) is 5.19. The molecule has 0 bridgehead atoms. The summed E-state index contributed by atoms with van der Waals surface area (Å²) in [7, 11) is 0. The molecule has 0 unspecified atom stereocenters. The monoisotopic (exact) mass is 263 g/mol. The molecule has 3 aromatic rings. The van der Waals surface area contributed by atoms with Crippen LogP contribution in [0.2, 0.25) is 0 Å². The average molecular weight is 263 g/mol. The smallest absolute Gasteiger partial charge is 0.251 e. The Labute approximate surface area is 115 Å². The Hall–Kier alpha value is -2.49. The Morgan fingerprint density at radius 3 is 2.95 bits per heavy atom. The van der Waals surface area contributed by atoms with E-state index in [1.807, 2.05) is 30.5 Å². The number of pyridine rings is 1. The van der Waals surface area contributed by atoms with Crippen molar-refractivity contribution >= 4 is 10.8 Å². The molecule has 1 aliphatic rings. The van der Waals surface area contributed by atoms with Gasteiger partial charge in [0.25, 0.3) is 5.56 Å². The Bertz CT molecular complexity index is 844. The number of hydrogen-bond acceptors (Lipinski definition) is 3. The normalized spacial score (nSPS) is 14.6. The molecule has 4 heteroatoms. The fourth-order valence-corrected chi connectivity index (χ4v) is 2.50. The van der Waals surface area contributed by atoms with E-state index in [4.69, 9.17) is 0 Å². The summed E-state index contributed by atoms with van der Waals surface area (Å²) in [6.45, 7) is 0. The topological polar surface area (TPSA) is 58.6 Å². The van der Waals surface area contributed by atoms with Crippen LogP contribution in [0.3, 0.4) is 0 Å². The van der Waals surface area contributed by atoms with E-state index in [1.165, 1.54) is 0 Å². The SMILES string of the molecule is O=c1cc(-c2cccc3ccncc23)nc(C2CC2)[nH]1. The van der Waals surface area contributed by atoms with Crippen molar-refractivity contribution in [1.82, 2.24) is 15.0 Å². The number of nitrogens with zero attached hydrogens (tertiary/aromatic N) is 2. The van der Waals surface area contributed by atoms with Crippen molar-refractivity contribution in [2.45, 2.75) is 18.8 Å². The van der Waals surface area contributed by atoms with Gasteiger partial charge < -0.3 is 4.98 Å². The van der Waals surface area contributed by atoms with Crippen molar-refractivity contribution in [1.29, 1.82) is 0 Å². The van der Waals surface area contributed by atoms with Gasteiger partial charge in [0.1, 0.15) is 5.82 Å². The molecule has 1 aliphatic carbocycles. The zero-order chi connectivity index (χ0) is 13.5. The summed E-state index contributed by atoms with van der Waals surface area (Å²) in [5.74, 6) is 1.24. The van der Waals surface area contributed by atoms with Gasteiger partial charge in [0, 0.05) is 35.3 Å². The van der Waals surface area contributed by atoms with Crippen LogP contribution in [0.25, 0.3) is 22.0 Å². The molecule has 4 rings (SSSR count). The predicted octanol–water partition coefficient (Wildman–Crippen LogP) is 2.86. The lowest BCUT2D eigenvalue weighted by Crippen LogP contribution is -2.10. The Morgan fingerprint density at radius 1 is 1.20 bits per heavy atom. The molecule has 1 aromatic carbocycles. The Morgan fingerprint density at radius 2 is 2.10 bits per heavy atom. The lowest BCUT2D eigenvalue weighted by molar-refractivity contribution is 0.912. The fraction of sp³-hybridized carbons (Fsp3) is 0.188. The minimum atomic E-state index is -0.0854. The highest BCUT2D eigenvalue weighted by Crippen LogP contribution is 2.38. The Balaban J connectivity index is 1.97. The van der Waals surface area contributed by atoms with E-state index < -0.39 is 0 Å². The summed E-state index contributed by atoms with van der Waals surface area (Å²) in [4.78, 5) is 23.5. The first kappa shape index (κ1) is 11.3. The molecule has 0 amide bonds. The van der Waals surface area contributed by atoms with Crippen LogP contribution in [0, 0.1) is 0 Å². The number of hydrogen-bond donors (Lipinski definition) is 1. The third-order valence-corrected chi connectivity index (χ3v) is 3.68. The molecule has 98 valence electrons. The summed E-state index contributed by atoms with van der Waals surface area (Å²) in [5, 5.41) is 2.13. The van der Waals surface area contributed by atoms with E-state index in [1.54, 1.807) is 12.3 Å². The van der Waals surface area contributed by atoms with Gasteiger partial charge in [-0.05, 0) is 24.3 Å². The molecule has 0 atom stereocenters. The number of H-pyrrole nitrogens is 1. The third kappa shape index (κ3) is 1.90. The second kappa shape index (κ2) is 4.27. The molecule has 1 saturated carbocycles. The van der Waals surface area contributed by atoms with E-state index in [-0.39, 0.29) is 5.56 Å². The molecule has 0 saturated heterocycles. The highest BCUT2D eigenvalue weighted by molar-refractivity contribution is 5.95. The standard InChI is InChI=1S/C16H13N3O/c20-15-8-14(18-16(19-15)11-4-5-11)12-3-1-2-10-6-7-17-9-13(10)12/h1-3,6-9,11H,4-5H2,(H,18,19,20). The minimum Gasteiger partial charge on any atom is -0.310 e. The van der Waals surface area contributed by atoms with Crippen molar-refractivity contribution in [3.63, 3.8) is 0 Å². The van der Waals surface area contributed by atoms with E-state index in [0.717, 1.165) is 40.7 Å². The zero-order valence-corrected chi connectivity index (χ0v) is 10.8. The summed E-state index contributed by atoms with van der Waals surface area (Å²) in [5.41, 5.74) is 1.61. The molecule has 1 N–H and O–H groups in total. The molecule has 20 heavy (non-hydrogen) atoms. The minimum absolute atomic E-state index is 0.0854. The molecule has 4 nitrogen and oxygen atoms in total. The van der Waals surface area contributed by atoms with E-state index in [2.05, 4.69) is 15.0 Å². The van der Waals surface area contributed by atoms with Gasteiger partial charge in [0.05, 0.1) is 5.69 Å². The molecule has 1 fully saturated rings. The molecular weight excluding hydrogens is 250 g/mol. The van der Waals surface area contributed by atoms with Crippen LogP contribution in [0.1, 0.15) is 24.6 Å². The first-order valence-corrected chi connectivity index (χ1v) is 6.75. The third-order valence-electron chi connectivity index (χ3n) is 3.68. The van der Waals surface area contributed by atoms with Gasteiger partial charge in [0.2, 0.25) is 0 Å². The van der Waals surface area contributed by atoms with E-state index >= 15 is 0 Å². The molecule has 2 heterocycles. The highest BCUT2D eigenvalue weighted by Gasteiger charge is 2.26. The summed E-state index contributed by atoms with van der Waals surface area (Å²) in [6.07, 6.45) is 5.82. The second-order valence-electron chi connectivity index (χ2n) is 5.19. The van der Waals surface area contributed by atoms with Crippen molar-refractivity contribution < 1.29 is 0 Å². The van der Waals surface area contributed by atoms with Crippen molar-refractivity contribution in [3.05, 3.63) is 58.9 Å². The quantitative estimate of drug-likeness (QED) is 0.773. The number of benzene rings is 1. The number of aromatic amines is 1. The summed E-state index contributed by atoms with van der Waals surface area (Å²) < 4.78 is 0. The van der Waals surface area contributed by atoms with Gasteiger partial charge >= 0.3 is 0 Å². The highest BCUT2D eigenvalue weighted by atomic mass is 16.1. The van der Waals surface area contributed by atoms with Crippen molar-refractivity contribution in [2.75, 3.05) is 0 Å². The van der Waals surface area contributed by atoms with Crippen LogP contribution >= 0.6 is 0 Å². The van der Waals surface area contributed by atoms with Crippen LogP contribution in [0.4, 0.5) is 0 Å². The van der Waals surface area contributed by atoms with Gasteiger partial charge in [-0.3, -0.25) is 9.78 Å². The van der Waals surface area contributed by atoms with Crippen LogP contribution in [0.15, 0.2) is 47.5 Å². The van der Waals surface area contributed by atoms with Crippen LogP contribution < -0.4 is 5.56 Å². The Kier molecular flexibility index (Phi) is 2.42. The van der Waals surface area contributed by atoms with Crippen LogP contribution in [0.5, 0.6) is 0 Å². The predicted molar refractivity (Wildman–Crippen MR) is 77.6 cm³/mol. The number of nitrogens with one attached hydrogen (secondary N) is 1.